The first kappa shape index (κ1) is 18.9. The molecule has 3 aromatic rings. The number of amides is 1. The summed E-state index contributed by atoms with van der Waals surface area (Å²) in [5, 5.41) is 3.42. The van der Waals surface area contributed by atoms with Crippen LogP contribution in [0.15, 0.2) is 53.1 Å². The van der Waals surface area contributed by atoms with Gasteiger partial charge in [0.25, 0.3) is 0 Å². The number of oxazole rings is 1. The van der Waals surface area contributed by atoms with Crippen LogP contribution in [-0.4, -0.2) is 25.0 Å². The van der Waals surface area contributed by atoms with Gasteiger partial charge >= 0.3 is 0 Å². The van der Waals surface area contributed by atoms with Gasteiger partial charge in [-0.05, 0) is 42.5 Å². The maximum absolute atomic E-state index is 13.0. The van der Waals surface area contributed by atoms with Crippen molar-refractivity contribution in [2.75, 3.05) is 24.3 Å². The SMILES string of the molecule is CN(C)c1ccc(Cl)cc1NC(=O)CCc1ncc(-c2ccc(F)cc2)o1. The third kappa shape index (κ3) is 4.86. The van der Waals surface area contributed by atoms with Gasteiger partial charge in [0.2, 0.25) is 5.91 Å². The summed E-state index contributed by atoms with van der Waals surface area (Å²) < 4.78 is 18.6. The predicted molar refractivity (Wildman–Crippen MR) is 105 cm³/mol. The summed E-state index contributed by atoms with van der Waals surface area (Å²) in [6.45, 7) is 0. The highest BCUT2D eigenvalue weighted by molar-refractivity contribution is 6.31. The van der Waals surface area contributed by atoms with E-state index in [-0.39, 0.29) is 18.1 Å². The van der Waals surface area contributed by atoms with Crippen LogP contribution >= 0.6 is 11.6 Å². The van der Waals surface area contributed by atoms with Crippen LogP contribution in [0.25, 0.3) is 11.3 Å². The molecule has 0 fully saturated rings. The van der Waals surface area contributed by atoms with E-state index in [2.05, 4.69) is 10.3 Å². The van der Waals surface area contributed by atoms with Gasteiger partial charge in [0, 0.05) is 37.5 Å². The number of aryl methyl sites for hydroxylation is 1. The average molecular weight is 388 g/mol. The summed E-state index contributed by atoms with van der Waals surface area (Å²) >= 11 is 6.03. The summed E-state index contributed by atoms with van der Waals surface area (Å²) in [4.78, 5) is 18.4. The van der Waals surface area contributed by atoms with E-state index in [1.165, 1.54) is 12.1 Å². The number of aromatic nitrogens is 1. The number of carbonyl (C=O) groups excluding carboxylic acids is 1. The Bertz CT molecular complexity index is 939. The zero-order valence-corrected chi connectivity index (χ0v) is 15.8. The molecule has 0 saturated heterocycles. The second-order valence-corrected chi connectivity index (χ2v) is 6.67. The summed E-state index contributed by atoms with van der Waals surface area (Å²) in [5.41, 5.74) is 2.24. The molecule has 0 aliphatic carbocycles. The van der Waals surface area contributed by atoms with Crippen molar-refractivity contribution in [2.24, 2.45) is 0 Å². The Kier molecular flexibility index (Phi) is 5.76. The van der Waals surface area contributed by atoms with Crippen LogP contribution in [0.5, 0.6) is 0 Å². The van der Waals surface area contributed by atoms with Gasteiger partial charge in [0.1, 0.15) is 5.82 Å². The first-order chi connectivity index (χ1) is 12.9. The number of carbonyl (C=O) groups is 1. The molecule has 27 heavy (non-hydrogen) atoms. The number of benzene rings is 2. The van der Waals surface area contributed by atoms with Crippen molar-refractivity contribution in [1.82, 2.24) is 4.98 Å². The topological polar surface area (TPSA) is 58.4 Å². The lowest BCUT2D eigenvalue weighted by Crippen LogP contribution is -2.17. The number of anilines is 2. The highest BCUT2D eigenvalue weighted by Crippen LogP contribution is 2.28. The third-order valence-corrected chi connectivity index (χ3v) is 4.20. The monoisotopic (exact) mass is 387 g/mol. The molecule has 0 aliphatic rings. The van der Waals surface area contributed by atoms with Crippen molar-refractivity contribution in [3.63, 3.8) is 0 Å². The smallest absolute Gasteiger partial charge is 0.224 e. The molecule has 1 N–H and O–H groups in total. The van der Waals surface area contributed by atoms with Crippen LogP contribution in [0.3, 0.4) is 0 Å². The number of hydrogen-bond donors (Lipinski definition) is 1. The Labute approximate surface area is 161 Å². The van der Waals surface area contributed by atoms with Crippen molar-refractivity contribution in [3.05, 3.63) is 65.4 Å². The summed E-state index contributed by atoms with van der Waals surface area (Å²) in [6, 6.07) is 11.3. The molecule has 0 bridgehead atoms. The maximum Gasteiger partial charge on any atom is 0.224 e. The van der Waals surface area contributed by atoms with Crippen LogP contribution in [0.2, 0.25) is 5.02 Å². The largest absolute Gasteiger partial charge is 0.441 e. The van der Waals surface area contributed by atoms with E-state index < -0.39 is 0 Å². The average Bonchev–Trinajstić information content (AvgIpc) is 3.09. The number of nitrogens with one attached hydrogen (secondary N) is 1. The second-order valence-electron chi connectivity index (χ2n) is 6.23. The van der Waals surface area contributed by atoms with Gasteiger partial charge in [-0.25, -0.2) is 9.37 Å². The fourth-order valence-electron chi connectivity index (χ4n) is 2.60. The minimum absolute atomic E-state index is 0.165. The molecule has 0 saturated carbocycles. The molecule has 0 aliphatic heterocycles. The van der Waals surface area contributed by atoms with Crippen LogP contribution in [0.4, 0.5) is 15.8 Å². The fraction of sp³-hybridized carbons (Fsp3) is 0.200. The molecule has 1 amide bonds. The predicted octanol–water partition coefficient (Wildman–Crippen LogP) is 4.77. The van der Waals surface area contributed by atoms with Gasteiger partial charge < -0.3 is 14.6 Å². The summed E-state index contributed by atoms with van der Waals surface area (Å²) in [5.74, 6) is 0.508. The lowest BCUT2D eigenvalue weighted by molar-refractivity contribution is -0.116. The molecule has 0 atom stereocenters. The van der Waals surface area contributed by atoms with Crippen LogP contribution < -0.4 is 10.2 Å². The van der Waals surface area contributed by atoms with Crippen LogP contribution in [0, 0.1) is 5.82 Å². The van der Waals surface area contributed by atoms with E-state index in [9.17, 15) is 9.18 Å². The maximum atomic E-state index is 13.0. The van der Waals surface area contributed by atoms with Crippen molar-refractivity contribution >= 4 is 28.9 Å². The standard InChI is InChI=1S/C20H19ClFN3O2/c1-25(2)17-8-5-14(21)11-16(17)24-19(26)9-10-20-23-12-18(27-20)13-3-6-15(22)7-4-13/h3-8,11-12H,9-10H2,1-2H3,(H,24,26). The van der Waals surface area contributed by atoms with E-state index in [4.69, 9.17) is 16.0 Å². The Morgan fingerprint density at radius 3 is 2.67 bits per heavy atom. The summed E-state index contributed by atoms with van der Waals surface area (Å²) in [6.07, 6.45) is 2.13. The zero-order chi connectivity index (χ0) is 19.4. The first-order valence-electron chi connectivity index (χ1n) is 8.40. The van der Waals surface area contributed by atoms with Gasteiger partial charge in [-0.3, -0.25) is 4.79 Å². The Morgan fingerprint density at radius 1 is 1.22 bits per heavy atom. The van der Waals surface area contributed by atoms with Crippen molar-refractivity contribution in [2.45, 2.75) is 12.8 Å². The molecule has 0 unspecified atom stereocenters. The molecule has 3 rings (SSSR count). The van der Waals surface area contributed by atoms with Crippen molar-refractivity contribution in [3.8, 4) is 11.3 Å². The van der Waals surface area contributed by atoms with Gasteiger partial charge in [-0.15, -0.1) is 0 Å². The molecular formula is C20H19ClFN3O2. The lowest BCUT2D eigenvalue weighted by atomic mass is 10.2. The van der Waals surface area contributed by atoms with Crippen LogP contribution in [0.1, 0.15) is 12.3 Å². The Morgan fingerprint density at radius 2 is 1.96 bits per heavy atom. The molecular weight excluding hydrogens is 369 g/mol. The molecule has 140 valence electrons. The highest BCUT2D eigenvalue weighted by Gasteiger charge is 2.12. The quantitative estimate of drug-likeness (QED) is 0.661. The first-order valence-corrected chi connectivity index (χ1v) is 8.77. The van der Waals surface area contributed by atoms with E-state index in [1.54, 1.807) is 30.5 Å². The molecule has 0 spiro atoms. The van der Waals surface area contributed by atoms with Gasteiger partial charge in [-0.1, -0.05) is 11.6 Å². The molecule has 2 aromatic carbocycles. The molecule has 0 radical (unpaired) electrons. The molecule has 1 heterocycles. The molecule has 5 nitrogen and oxygen atoms in total. The Balaban J connectivity index is 1.62. The van der Waals surface area contributed by atoms with E-state index >= 15 is 0 Å². The van der Waals surface area contributed by atoms with Crippen molar-refractivity contribution < 1.29 is 13.6 Å². The van der Waals surface area contributed by atoms with Crippen LogP contribution in [-0.2, 0) is 11.2 Å². The third-order valence-electron chi connectivity index (χ3n) is 3.96. The minimum Gasteiger partial charge on any atom is -0.441 e. The number of nitrogens with zero attached hydrogens (tertiary/aromatic N) is 2. The number of hydrogen-bond acceptors (Lipinski definition) is 4. The van der Waals surface area contributed by atoms with E-state index in [0.29, 0.717) is 28.8 Å². The van der Waals surface area contributed by atoms with Gasteiger partial charge in [0.05, 0.1) is 17.6 Å². The minimum atomic E-state index is -0.312. The molecule has 1 aromatic heterocycles. The normalized spacial score (nSPS) is 10.7. The van der Waals surface area contributed by atoms with Crippen molar-refractivity contribution in [1.29, 1.82) is 0 Å². The van der Waals surface area contributed by atoms with E-state index in [1.807, 2.05) is 25.1 Å². The van der Waals surface area contributed by atoms with E-state index in [0.717, 1.165) is 11.3 Å². The zero-order valence-electron chi connectivity index (χ0n) is 15.0. The number of halogens is 2. The fourth-order valence-corrected chi connectivity index (χ4v) is 2.78. The van der Waals surface area contributed by atoms with Gasteiger partial charge in [0.15, 0.2) is 11.7 Å². The highest BCUT2D eigenvalue weighted by atomic mass is 35.5. The second kappa shape index (κ2) is 8.22. The van der Waals surface area contributed by atoms with Gasteiger partial charge in [-0.2, -0.15) is 0 Å². The Hall–Kier alpha value is -2.86. The number of rotatable bonds is 6. The summed E-state index contributed by atoms with van der Waals surface area (Å²) in [7, 11) is 3.78. The lowest BCUT2D eigenvalue weighted by Gasteiger charge is -2.18. The molecule has 7 heteroatoms.